The Balaban J connectivity index is 2.63. The van der Waals surface area contributed by atoms with Crippen molar-refractivity contribution in [2.75, 3.05) is 0 Å². The molecule has 0 aliphatic heterocycles. The van der Waals surface area contributed by atoms with Crippen molar-refractivity contribution in [1.82, 2.24) is 0 Å². The lowest BCUT2D eigenvalue weighted by Gasteiger charge is -2.23. The minimum absolute atomic E-state index is 0.402. The highest BCUT2D eigenvalue weighted by molar-refractivity contribution is 5.76. The average molecular weight is 325 g/mol. The highest BCUT2D eigenvalue weighted by Gasteiger charge is 2.20. The molecular formula is C23H32O. The summed E-state index contributed by atoms with van der Waals surface area (Å²) in [6.45, 7) is 8.97. The van der Waals surface area contributed by atoms with Crippen molar-refractivity contribution in [3.63, 3.8) is 0 Å². The van der Waals surface area contributed by atoms with Gasteiger partial charge in [0, 0.05) is 5.56 Å². The first-order chi connectivity index (χ1) is 11.6. The van der Waals surface area contributed by atoms with Crippen LogP contribution in [0.5, 0.6) is 5.75 Å². The van der Waals surface area contributed by atoms with Crippen molar-refractivity contribution in [3.05, 3.63) is 53.1 Å². The standard InChI is InChI=1S/C23H32O/c1-5-7-9-15-20-19(12-6-2)16-21(24)23(22(20)17(3)4)18-13-10-8-11-14-18/h8,10-11,13-14,16-17,24H,5-7,9,12,15H2,1-4H3. The fourth-order valence-corrected chi connectivity index (χ4v) is 3.67. The molecule has 0 atom stereocenters. The summed E-state index contributed by atoms with van der Waals surface area (Å²) in [4.78, 5) is 0. The van der Waals surface area contributed by atoms with Gasteiger partial charge in [-0.3, -0.25) is 0 Å². The SMILES string of the molecule is CCCCCc1c(CCC)cc(O)c(-c2ccccc2)c1C(C)C. The highest BCUT2D eigenvalue weighted by atomic mass is 16.3. The molecule has 2 rings (SSSR count). The summed E-state index contributed by atoms with van der Waals surface area (Å²) in [5.41, 5.74) is 6.34. The maximum Gasteiger partial charge on any atom is 0.123 e. The number of phenols is 1. The van der Waals surface area contributed by atoms with Gasteiger partial charge < -0.3 is 5.11 Å². The largest absolute Gasteiger partial charge is 0.507 e. The molecule has 1 N–H and O–H groups in total. The van der Waals surface area contributed by atoms with Crippen molar-refractivity contribution in [1.29, 1.82) is 0 Å². The van der Waals surface area contributed by atoms with E-state index in [0.717, 1.165) is 30.4 Å². The summed E-state index contributed by atoms with van der Waals surface area (Å²) in [6, 6.07) is 12.4. The molecule has 0 amide bonds. The Morgan fingerprint density at radius 2 is 1.62 bits per heavy atom. The Morgan fingerprint density at radius 1 is 0.917 bits per heavy atom. The molecule has 0 saturated carbocycles. The van der Waals surface area contributed by atoms with E-state index in [1.54, 1.807) is 0 Å². The number of hydrogen-bond acceptors (Lipinski definition) is 1. The van der Waals surface area contributed by atoms with Gasteiger partial charge in [0.1, 0.15) is 5.75 Å². The first kappa shape index (κ1) is 18.6. The normalized spacial score (nSPS) is 11.2. The Bertz CT molecular complexity index is 641. The molecule has 130 valence electrons. The zero-order valence-electron chi connectivity index (χ0n) is 15.7. The molecule has 1 heteroatoms. The van der Waals surface area contributed by atoms with Gasteiger partial charge in [-0.05, 0) is 53.5 Å². The van der Waals surface area contributed by atoms with Gasteiger partial charge >= 0.3 is 0 Å². The van der Waals surface area contributed by atoms with Gasteiger partial charge in [-0.1, -0.05) is 77.3 Å². The highest BCUT2D eigenvalue weighted by Crippen LogP contribution is 2.41. The molecule has 2 aromatic carbocycles. The van der Waals surface area contributed by atoms with Gasteiger partial charge in [0.25, 0.3) is 0 Å². The van der Waals surface area contributed by atoms with Gasteiger partial charge in [0.2, 0.25) is 0 Å². The second-order valence-electron chi connectivity index (χ2n) is 7.05. The van der Waals surface area contributed by atoms with Crippen LogP contribution in [-0.4, -0.2) is 5.11 Å². The van der Waals surface area contributed by atoms with Gasteiger partial charge in [0.05, 0.1) is 0 Å². The summed E-state index contributed by atoms with van der Waals surface area (Å²) in [6.07, 6.45) is 7.02. The summed E-state index contributed by atoms with van der Waals surface area (Å²) in [5, 5.41) is 10.8. The minimum atomic E-state index is 0.402. The van der Waals surface area contributed by atoms with E-state index in [9.17, 15) is 5.11 Å². The molecule has 24 heavy (non-hydrogen) atoms. The van der Waals surface area contributed by atoms with E-state index in [2.05, 4.69) is 52.0 Å². The number of hydrogen-bond donors (Lipinski definition) is 1. The van der Waals surface area contributed by atoms with Crippen LogP contribution in [0.1, 0.15) is 76.0 Å². The summed E-state index contributed by atoms with van der Waals surface area (Å²) in [5.74, 6) is 0.840. The number of unbranched alkanes of at least 4 members (excludes halogenated alkanes) is 2. The van der Waals surface area contributed by atoms with Crippen molar-refractivity contribution in [3.8, 4) is 16.9 Å². The van der Waals surface area contributed by atoms with Gasteiger partial charge in [-0.2, -0.15) is 0 Å². The Hall–Kier alpha value is -1.76. The molecular weight excluding hydrogens is 292 g/mol. The van der Waals surface area contributed by atoms with E-state index in [1.807, 2.05) is 12.1 Å². The van der Waals surface area contributed by atoms with Crippen molar-refractivity contribution >= 4 is 0 Å². The third kappa shape index (κ3) is 4.20. The molecule has 0 aliphatic rings. The lowest BCUT2D eigenvalue weighted by Crippen LogP contribution is -2.06. The molecule has 0 bridgehead atoms. The van der Waals surface area contributed by atoms with E-state index in [-0.39, 0.29) is 0 Å². The van der Waals surface area contributed by atoms with Crippen molar-refractivity contribution in [2.24, 2.45) is 0 Å². The van der Waals surface area contributed by atoms with Crippen molar-refractivity contribution in [2.45, 2.75) is 72.1 Å². The Kier molecular flexibility index (Phi) is 6.90. The van der Waals surface area contributed by atoms with Crippen LogP contribution in [0.25, 0.3) is 11.1 Å². The number of rotatable bonds is 8. The van der Waals surface area contributed by atoms with E-state index >= 15 is 0 Å². The van der Waals surface area contributed by atoms with Crippen molar-refractivity contribution < 1.29 is 5.11 Å². The zero-order valence-corrected chi connectivity index (χ0v) is 15.7. The van der Waals surface area contributed by atoms with E-state index in [0.29, 0.717) is 11.7 Å². The fourth-order valence-electron chi connectivity index (χ4n) is 3.67. The lowest BCUT2D eigenvalue weighted by molar-refractivity contribution is 0.474. The number of aryl methyl sites for hydroxylation is 1. The van der Waals surface area contributed by atoms with Crippen LogP contribution in [-0.2, 0) is 12.8 Å². The zero-order chi connectivity index (χ0) is 17.5. The Labute approximate surface area is 147 Å². The lowest BCUT2D eigenvalue weighted by atomic mass is 9.82. The third-order valence-electron chi connectivity index (χ3n) is 4.74. The third-order valence-corrected chi connectivity index (χ3v) is 4.74. The second kappa shape index (κ2) is 8.92. The van der Waals surface area contributed by atoms with Crippen LogP contribution in [0, 0.1) is 0 Å². The minimum Gasteiger partial charge on any atom is -0.507 e. The molecule has 0 aromatic heterocycles. The molecule has 0 unspecified atom stereocenters. The maximum atomic E-state index is 10.8. The molecule has 0 spiro atoms. The van der Waals surface area contributed by atoms with Crippen LogP contribution in [0.3, 0.4) is 0 Å². The summed E-state index contributed by atoms with van der Waals surface area (Å²) in [7, 11) is 0. The predicted molar refractivity (Wildman–Crippen MR) is 105 cm³/mol. The van der Waals surface area contributed by atoms with Crippen LogP contribution in [0.4, 0.5) is 0 Å². The van der Waals surface area contributed by atoms with Crippen LogP contribution >= 0.6 is 0 Å². The predicted octanol–water partition coefficient (Wildman–Crippen LogP) is 6.87. The van der Waals surface area contributed by atoms with E-state index in [1.165, 1.54) is 36.0 Å². The topological polar surface area (TPSA) is 20.2 Å². The van der Waals surface area contributed by atoms with E-state index < -0.39 is 0 Å². The molecule has 0 radical (unpaired) electrons. The second-order valence-corrected chi connectivity index (χ2v) is 7.05. The van der Waals surface area contributed by atoms with Gasteiger partial charge in [-0.15, -0.1) is 0 Å². The van der Waals surface area contributed by atoms with Crippen LogP contribution < -0.4 is 0 Å². The van der Waals surface area contributed by atoms with Gasteiger partial charge in [-0.25, -0.2) is 0 Å². The number of benzene rings is 2. The van der Waals surface area contributed by atoms with Crippen LogP contribution in [0.2, 0.25) is 0 Å². The Morgan fingerprint density at radius 3 is 2.21 bits per heavy atom. The molecule has 0 heterocycles. The number of aromatic hydroxyl groups is 1. The molecule has 0 fully saturated rings. The number of phenolic OH excluding ortho intramolecular Hbond substituents is 1. The first-order valence-electron chi connectivity index (χ1n) is 9.53. The monoisotopic (exact) mass is 324 g/mol. The van der Waals surface area contributed by atoms with Crippen LogP contribution in [0.15, 0.2) is 36.4 Å². The molecule has 0 aliphatic carbocycles. The average Bonchev–Trinajstić information content (AvgIpc) is 2.57. The fraction of sp³-hybridized carbons (Fsp3) is 0.478. The smallest absolute Gasteiger partial charge is 0.123 e. The molecule has 1 nitrogen and oxygen atoms in total. The molecule has 0 saturated heterocycles. The maximum absolute atomic E-state index is 10.8. The summed E-state index contributed by atoms with van der Waals surface area (Å²) < 4.78 is 0. The van der Waals surface area contributed by atoms with E-state index in [4.69, 9.17) is 0 Å². The molecule has 2 aromatic rings. The first-order valence-corrected chi connectivity index (χ1v) is 9.53. The summed E-state index contributed by atoms with van der Waals surface area (Å²) >= 11 is 0. The van der Waals surface area contributed by atoms with Gasteiger partial charge in [0.15, 0.2) is 0 Å². The quantitative estimate of drug-likeness (QED) is 0.525.